The molecule has 2 aromatic heterocycles. The maximum atomic E-state index is 12.3. The van der Waals surface area contributed by atoms with Gasteiger partial charge in [-0.3, -0.25) is 4.79 Å². The van der Waals surface area contributed by atoms with E-state index in [1.54, 1.807) is 18.2 Å². The Morgan fingerprint density at radius 3 is 2.71 bits per heavy atom. The Balaban J connectivity index is 1.88. The molecule has 0 saturated carbocycles. The number of aromatic nitrogens is 4. The molecule has 0 saturated heterocycles. The highest BCUT2D eigenvalue weighted by atomic mass is 16.5. The summed E-state index contributed by atoms with van der Waals surface area (Å²) < 4.78 is 6.16. The summed E-state index contributed by atoms with van der Waals surface area (Å²) in [5, 5.41) is 6.82. The van der Waals surface area contributed by atoms with Gasteiger partial charge in [-0.1, -0.05) is 6.07 Å². The second kappa shape index (κ2) is 6.07. The van der Waals surface area contributed by atoms with Gasteiger partial charge in [0.15, 0.2) is 0 Å². The van der Waals surface area contributed by atoms with Crippen LogP contribution in [-0.2, 0) is 4.74 Å². The van der Waals surface area contributed by atoms with Crippen LogP contribution in [0, 0.1) is 13.8 Å². The molecule has 3 rings (SSSR count). The number of amides is 1. The summed E-state index contributed by atoms with van der Waals surface area (Å²) >= 11 is 0. The summed E-state index contributed by atoms with van der Waals surface area (Å²) in [6.45, 7) is 3.71. The van der Waals surface area contributed by atoms with E-state index in [1.807, 2.05) is 19.9 Å². The van der Waals surface area contributed by atoms with E-state index in [9.17, 15) is 9.59 Å². The number of carbonyl (C=O) groups excluding carboxylic acids is 2. The van der Waals surface area contributed by atoms with Crippen LogP contribution >= 0.6 is 0 Å². The quantitative estimate of drug-likeness (QED) is 0.737. The first-order chi connectivity index (χ1) is 11.5. The lowest BCUT2D eigenvalue weighted by atomic mass is 10.2. The van der Waals surface area contributed by atoms with Gasteiger partial charge in [0.2, 0.25) is 5.82 Å². The van der Waals surface area contributed by atoms with Crippen molar-refractivity contribution >= 4 is 23.3 Å². The minimum Gasteiger partial charge on any atom is -0.465 e. The molecule has 0 spiro atoms. The minimum atomic E-state index is -0.487. The third-order valence-electron chi connectivity index (χ3n) is 3.36. The largest absolute Gasteiger partial charge is 0.465 e. The molecule has 0 aliphatic rings. The summed E-state index contributed by atoms with van der Waals surface area (Å²) in [7, 11) is 1.30. The number of hydrogen-bond acceptors (Lipinski definition) is 6. The first-order valence-electron chi connectivity index (χ1n) is 7.18. The number of esters is 1. The lowest BCUT2D eigenvalue weighted by molar-refractivity contribution is 0.0600. The van der Waals surface area contributed by atoms with Crippen LogP contribution in [0.15, 0.2) is 30.3 Å². The van der Waals surface area contributed by atoms with E-state index < -0.39 is 11.9 Å². The molecule has 0 fully saturated rings. The lowest BCUT2D eigenvalue weighted by Crippen LogP contribution is -2.14. The summed E-state index contributed by atoms with van der Waals surface area (Å²) in [4.78, 5) is 32.3. The number of anilines is 1. The Labute approximate surface area is 137 Å². The van der Waals surface area contributed by atoms with Crippen LogP contribution in [0.2, 0.25) is 0 Å². The molecule has 1 N–H and O–H groups in total. The highest BCUT2D eigenvalue weighted by Crippen LogP contribution is 2.13. The average Bonchev–Trinajstić information content (AvgIpc) is 2.98. The highest BCUT2D eigenvalue weighted by Gasteiger charge is 2.16. The molecule has 1 amide bonds. The van der Waals surface area contributed by atoms with E-state index in [0.29, 0.717) is 17.0 Å². The zero-order valence-electron chi connectivity index (χ0n) is 13.4. The van der Waals surface area contributed by atoms with Crippen LogP contribution < -0.4 is 5.32 Å². The molecule has 0 aliphatic heterocycles. The van der Waals surface area contributed by atoms with Crippen LogP contribution in [0.5, 0.6) is 0 Å². The molecule has 0 aliphatic carbocycles. The van der Waals surface area contributed by atoms with E-state index in [4.69, 9.17) is 0 Å². The van der Waals surface area contributed by atoms with Gasteiger partial charge in [0.05, 0.1) is 12.7 Å². The lowest BCUT2D eigenvalue weighted by Gasteiger charge is -2.04. The van der Waals surface area contributed by atoms with Crippen LogP contribution in [-0.4, -0.2) is 38.6 Å². The van der Waals surface area contributed by atoms with Gasteiger partial charge in [-0.25, -0.2) is 14.3 Å². The summed E-state index contributed by atoms with van der Waals surface area (Å²) in [5.74, 6) is -0.604. The van der Waals surface area contributed by atoms with Crippen molar-refractivity contribution in [1.82, 2.24) is 19.6 Å². The zero-order chi connectivity index (χ0) is 17.3. The summed E-state index contributed by atoms with van der Waals surface area (Å²) in [6, 6.07) is 8.28. The monoisotopic (exact) mass is 325 g/mol. The topological polar surface area (TPSA) is 98.5 Å². The maximum absolute atomic E-state index is 12.3. The summed E-state index contributed by atoms with van der Waals surface area (Å²) in [6.07, 6.45) is 0. The van der Waals surface area contributed by atoms with Gasteiger partial charge in [-0.2, -0.15) is 4.98 Å². The number of nitrogens with one attached hydrogen (secondary N) is 1. The maximum Gasteiger partial charge on any atom is 0.337 e. The number of hydrogen-bond donors (Lipinski definition) is 1. The first kappa shape index (κ1) is 15.6. The molecule has 122 valence electrons. The van der Waals surface area contributed by atoms with Crippen molar-refractivity contribution < 1.29 is 14.3 Å². The molecule has 0 radical (unpaired) electrons. The van der Waals surface area contributed by atoms with Crippen molar-refractivity contribution in [2.75, 3.05) is 12.4 Å². The molecule has 0 atom stereocenters. The zero-order valence-corrected chi connectivity index (χ0v) is 13.4. The van der Waals surface area contributed by atoms with Crippen molar-refractivity contribution in [3.8, 4) is 0 Å². The number of benzene rings is 1. The van der Waals surface area contributed by atoms with Crippen molar-refractivity contribution in [2.24, 2.45) is 0 Å². The molecule has 24 heavy (non-hydrogen) atoms. The molecule has 1 aromatic carbocycles. The van der Waals surface area contributed by atoms with Crippen molar-refractivity contribution in [3.05, 3.63) is 53.1 Å². The number of rotatable bonds is 3. The highest BCUT2D eigenvalue weighted by molar-refractivity contribution is 6.02. The van der Waals surface area contributed by atoms with Gasteiger partial charge in [-0.15, -0.1) is 5.10 Å². The molecule has 8 nitrogen and oxygen atoms in total. The second-order valence-electron chi connectivity index (χ2n) is 5.21. The number of methoxy groups -OCH3 is 1. The molecular weight excluding hydrogens is 310 g/mol. The fourth-order valence-corrected chi connectivity index (χ4v) is 2.29. The van der Waals surface area contributed by atoms with Crippen molar-refractivity contribution in [2.45, 2.75) is 13.8 Å². The van der Waals surface area contributed by atoms with Crippen LogP contribution in [0.1, 0.15) is 32.4 Å². The molecule has 2 heterocycles. The normalized spacial score (nSPS) is 10.6. The van der Waals surface area contributed by atoms with E-state index in [1.165, 1.54) is 17.7 Å². The predicted molar refractivity (Wildman–Crippen MR) is 86.0 cm³/mol. The number of fused-ring (bicyclic) bond motifs is 1. The fraction of sp³-hybridized carbons (Fsp3) is 0.188. The molecule has 3 aromatic rings. The molecule has 0 bridgehead atoms. The van der Waals surface area contributed by atoms with Crippen molar-refractivity contribution in [1.29, 1.82) is 0 Å². The van der Waals surface area contributed by atoms with E-state index in [2.05, 4.69) is 25.1 Å². The Kier molecular flexibility index (Phi) is 3.95. The second-order valence-corrected chi connectivity index (χ2v) is 5.21. The molecule has 8 heteroatoms. The van der Waals surface area contributed by atoms with Gasteiger partial charge in [0.25, 0.3) is 11.7 Å². The van der Waals surface area contributed by atoms with Gasteiger partial charge in [0.1, 0.15) is 0 Å². The van der Waals surface area contributed by atoms with Gasteiger partial charge in [0, 0.05) is 17.1 Å². The smallest absolute Gasteiger partial charge is 0.337 e. The summed E-state index contributed by atoms with van der Waals surface area (Å²) in [5.41, 5.74) is 2.41. The number of ether oxygens (including phenoxy) is 1. The Morgan fingerprint density at radius 1 is 1.17 bits per heavy atom. The third kappa shape index (κ3) is 2.94. The van der Waals surface area contributed by atoms with Crippen LogP contribution in [0.25, 0.3) is 5.78 Å². The van der Waals surface area contributed by atoms with Crippen LogP contribution in [0.3, 0.4) is 0 Å². The van der Waals surface area contributed by atoms with Gasteiger partial charge in [-0.05, 0) is 38.1 Å². The third-order valence-corrected chi connectivity index (χ3v) is 3.36. The van der Waals surface area contributed by atoms with Gasteiger partial charge < -0.3 is 10.1 Å². The minimum absolute atomic E-state index is 0.000305. The number of nitrogens with zero attached hydrogens (tertiary/aromatic N) is 4. The van der Waals surface area contributed by atoms with E-state index in [0.717, 1.165) is 11.4 Å². The molecular formula is C16H15N5O3. The number of carbonyl (C=O) groups is 2. The van der Waals surface area contributed by atoms with E-state index in [-0.39, 0.29) is 5.82 Å². The SMILES string of the molecule is COC(=O)c1cccc(NC(=O)c2nc3nc(C)cc(C)n3n2)c1. The Morgan fingerprint density at radius 2 is 1.96 bits per heavy atom. The Hall–Kier alpha value is -3.29. The number of aryl methyl sites for hydroxylation is 2. The standard InChI is InChI=1S/C16H15N5O3/c1-9-7-10(2)21-16(17-9)19-13(20-21)14(22)18-12-6-4-5-11(8-12)15(23)24-3/h4-8H,1-3H3,(H,18,22). The predicted octanol–water partition coefficient (Wildman–Crippen LogP) is 1.78. The first-order valence-corrected chi connectivity index (χ1v) is 7.18. The van der Waals surface area contributed by atoms with Crippen molar-refractivity contribution in [3.63, 3.8) is 0 Å². The fourth-order valence-electron chi connectivity index (χ4n) is 2.29. The Bertz CT molecular complexity index is 948. The van der Waals surface area contributed by atoms with Gasteiger partial charge >= 0.3 is 5.97 Å². The average molecular weight is 325 g/mol. The van der Waals surface area contributed by atoms with Crippen LogP contribution in [0.4, 0.5) is 5.69 Å². The van der Waals surface area contributed by atoms with E-state index >= 15 is 0 Å². The molecule has 0 unspecified atom stereocenters.